The Hall–Kier alpha value is -2.63. The minimum Gasteiger partial charge on any atom is -0.493 e. The summed E-state index contributed by atoms with van der Waals surface area (Å²) in [6.07, 6.45) is 6.35. The number of hydrogen-bond acceptors (Lipinski definition) is 5. The maximum atomic E-state index is 12.4. The highest BCUT2D eigenvalue weighted by Gasteiger charge is 2.18. The van der Waals surface area contributed by atoms with E-state index < -0.39 is 0 Å². The van der Waals surface area contributed by atoms with Crippen molar-refractivity contribution in [3.8, 4) is 11.5 Å². The first-order valence-corrected chi connectivity index (χ1v) is 9.04. The summed E-state index contributed by atoms with van der Waals surface area (Å²) in [7, 11) is 3.14. The Balaban J connectivity index is 1.63. The fourth-order valence-corrected chi connectivity index (χ4v) is 3.48. The predicted molar refractivity (Wildman–Crippen MR) is 99.7 cm³/mol. The Morgan fingerprint density at radius 2 is 1.88 bits per heavy atom. The number of anilines is 1. The van der Waals surface area contributed by atoms with Crippen LogP contribution in [0.25, 0.3) is 0 Å². The molecule has 1 saturated carbocycles. The summed E-state index contributed by atoms with van der Waals surface area (Å²) in [5.74, 6) is 1.98. The average Bonchev–Trinajstić information content (AvgIpc) is 2.69. The van der Waals surface area contributed by atoms with Crippen molar-refractivity contribution < 1.29 is 14.3 Å². The summed E-state index contributed by atoms with van der Waals surface area (Å²) < 4.78 is 10.6. The first-order valence-electron chi connectivity index (χ1n) is 9.04. The normalized spacial score (nSPS) is 14.7. The van der Waals surface area contributed by atoms with Gasteiger partial charge in [0.25, 0.3) is 0 Å². The number of amides is 1. The number of nitrogens with one attached hydrogen (secondary N) is 1. The molecule has 1 fully saturated rings. The molecular weight excluding hydrogens is 330 g/mol. The van der Waals surface area contributed by atoms with Crippen LogP contribution in [-0.4, -0.2) is 30.3 Å². The van der Waals surface area contributed by atoms with Crippen LogP contribution in [0.15, 0.2) is 30.3 Å². The molecular formula is C20H25N3O3. The molecule has 6 nitrogen and oxygen atoms in total. The zero-order chi connectivity index (χ0) is 18.4. The Kier molecular flexibility index (Phi) is 6.04. The molecule has 1 amide bonds. The van der Waals surface area contributed by atoms with E-state index in [-0.39, 0.29) is 12.3 Å². The second-order valence-electron chi connectivity index (χ2n) is 6.56. The quantitative estimate of drug-likeness (QED) is 0.855. The summed E-state index contributed by atoms with van der Waals surface area (Å²) in [4.78, 5) is 12.4. The number of para-hydroxylation sites is 1. The van der Waals surface area contributed by atoms with E-state index in [4.69, 9.17) is 9.47 Å². The van der Waals surface area contributed by atoms with E-state index in [2.05, 4.69) is 15.5 Å². The highest BCUT2D eigenvalue weighted by Crippen LogP contribution is 2.32. The van der Waals surface area contributed by atoms with Gasteiger partial charge < -0.3 is 14.8 Å². The lowest BCUT2D eigenvalue weighted by atomic mass is 9.87. The molecule has 0 unspecified atom stereocenters. The van der Waals surface area contributed by atoms with Gasteiger partial charge in [-0.2, -0.15) is 5.10 Å². The van der Waals surface area contributed by atoms with Gasteiger partial charge >= 0.3 is 0 Å². The summed E-state index contributed by atoms with van der Waals surface area (Å²) in [5, 5.41) is 11.3. The predicted octanol–water partition coefficient (Wildman–Crippen LogP) is 3.72. The zero-order valence-corrected chi connectivity index (χ0v) is 15.3. The minimum atomic E-state index is -0.170. The number of carbonyl (C=O) groups excluding carboxylic acids is 1. The molecule has 3 rings (SSSR count). The van der Waals surface area contributed by atoms with Crippen LogP contribution in [0.3, 0.4) is 0 Å². The van der Waals surface area contributed by atoms with Crippen LogP contribution in [0.4, 0.5) is 5.82 Å². The second kappa shape index (κ2) is 8.65. The standard InChI is InChI=1S/C20H25N3O3/c1-25-17-10-6-9-15(20(17)26-2)13-19(24)21-18-12-11-16(22-23-18)14-7-4-3-5-8-14/h6,9-12,14H,3-5,7-8,13H2,1-2H3,(H,21,23,24). The fraction of sp³-hybridized carbons (Fsp3) is 0.450. The first kappa shape index (κ1) is 18.2. The van der Waals surface area contributed by atoms with Crippen LogP contribution >= 0.6 is 0 Å². The SMILES string of the molecule is COc1cccc(CC(=O)Nc2ccc(C3CCCCC3)nn2)c1OC. The van der Waals surface area contributed by atoms with E-state index in [1.807, 2.05) is 24.3 Å². The van der Waals surface area contributed by atoms with Crippen molar-refractivity contribution in [2.45, 2.75) is 44.4 Å². The highest BCUT2D eigenvalue weighted by molar-refractivity contribution is 5.91. The molecule has 26 heavy (non-hydrogen) atoms. The first-order chi connectivity index (χ1) is 12.7. The lowest BCUT2D eigenvalue weighted by Gasteiger charge is -2.20. The number of hydrogen-bond donors (Lipinski definition) is 1. The monoisotopic (exact) mass is 355 g/mol. The number of aromatic nitrogens is 2. The molecule has 0 spiro atoms. The molecule has 0 atom stereocenters. The van der Waals surface area contributed by atoms with Gasteiger partial charge in [0.15, 0.2) is 17.3 Å². The van der Waals surface area contributed by atoms with E-state index in [1.54, 1.807) is 20.3 Å². The van der Waals surface area contributed by atoms with Crippen molar-refractivity contribution in [2.75, 3.05) is 19.5 Å². The molecule has 0 bridgehead atoms. The lowest BCUT2D eigenvalue weighted by Crippen LogP contribution is -2.17. The van der Waals surface area contributed by atoms with Crippen LogP contribution in [0.2, 0.25) is 0 Å². The van der Waals surface area contributed by atoms with Gasteiger partial charge in [-0.3, -0.25) is 4.79 Å². The van der Waals surface area contributed by atoms with Crippen molar-refractivity contribution in [2.24, 2.45) is 0 Å². The molecule has 1 aliphatic carbocycles. The Morgan fingerprint density at radius 1 is 1.08 bits per heavy atom. The van der Waals surface area contributed by atoms with Gasteiger partial charge in [0.1, 0.15) is 0 Å². The van der Waals surface area contributed by atoms with Gasteiger partial charge in [-0.1, -0.05) is 31.4 Å². The van der Waals surface area contributed by atoms with Crippen LogP contribution in [0, 0.1) is 0 Å². The maximum absolute atomic E-state index is 12.4. The molecule has 6 heteroatoms. The van der Waals surface area contributed by atoms with Gasteiger partial charge in [0, 0.05) is 11.5 Å². The van der Waals surface area contributed by atoms with Gasteiger partial charge in [0.05, 0.1) is 26.3 Å². The number of nitrogens with zero attached hydrogens (tertiary/aromatic N) is 2. The summed E-state index contributed by atoms with van der Waals surface area (Å²) in [6.45, 7) is 0. The number of methoxy groups -OCH3 is 2. The largest absolute Gasteiger partial charge is 0.493 e. The summed E-state index contributed by atoms with van der Waals surface area (Å²) >= 11 is 0. The number of carbonyl (C=O) groups is 1. The third-order valence-corrected chi connectivity index (χ3v) is 4.81. The highest BCUT2D eigenvalue weighted by atomic mass is 16.5. The fourth-order valence-electron chi connectivity index (χ4n) is 3.48. The van der Waals surface area contributed by atoms with Crippen molar-refractivity contribution in [3.05, 3.63) is 41.6 Å². The third kappa shape index (κ3) is 4.31. The summed E-state index contributed by atoms with van der Waals surface area (Å²) in [5.41, 5.74) is 1.79. The minimum absolute atomic E-state index is 0.170. The Labute approximate surface area is 153 Å². The van der Waals surface area contributed by atoms with Gasteiger partial charge in [-0.05, 0) is 31.0 Å². The topological polar surface area (TPSA) is 73.3 Å². The van der Waals surface area contributed by atoms with E-state index in [1.165, 1.54) is 32.1 Å². The molecule has 0 saturated heterocycles. The van der Waals surface area contributed by atoms with Crippen LogP contribution < -0.4 is 14.8 Å². The molecule has 1 aromatic carbocycles. The number of ether oxygens (including phenoxy) is 2. The van der Waals surface area contributed by atoms with Crippen molar-refractivity contribution in [3.63, 3.8) is 0 Å². The second-order valence-corrected chi connectivity index (χ2v) is 6.56. The Morgan fingerprint density at radius 3 is 2.54 bits per heavy atom. The van der Waals surface area contributed by atoms with Crippen LogP contribution in [0.1, 0.15) is 49.3 Å². The molecule has 0 radical (unpaired) electrons. The van der Waals surface area contributed by atoms with E-state index in [9.17, 15) is 4.79 Å². The third-order valence-electron chi connectivity index (χ3n) is 4.81. The number of rotatable bonds is 6. The van der Waals surface area contributed by atoms with Gasteiger partial charge in [0.2, 0.25) is 5.91 Å². The van der Waals surface area contributed by atoms with Crippen LogP contribution in [-0.2, 0) is 11.2 Å². The summed E-state index contributed by atoms with van der Waals surface area (Å²) in [6, 6.07) is 9.29. The van der Waals surface area contributed by atoms with Gasteiger partial charge in [-0.25, -0.2) is 0 Å². The lowest BCUT2D eigenvalue weighted by molar-refractivity contribution is -0.115. The van der Waals surface area contributed by atoms with Gasteiger partial charge in [-0.15, -0.1) is 5.10 Å². The van der Waals surface area contributed by atoms with Crippen molar-refractivity contribution in [1.82, 2.24) is 10.2 Å². The van der Waals surface area contributed by atoms with E-state index in [0.29, 0.717) is 23.2 Å². The van der Waals surface area contributed by atoms with Crippen molar-refractivity contribution >= 4 is 11.7 Å². The van der Waals surface area contributed by atoms with E-state index in [0.717, 1.165) is 11.3 Å². The molecule has 1 heterocycles. The van der Waals surface area contributed by atoms with E-state index >= 15 is 0 Å². The zero-order valence-electron chi connectivity index (χ0n) is 15.3. The van der Waals surface area contributed by atoms with Crippen LogP contribution in [0.5, 0.6) is 11.5 Å². The number of benzene rings is 1. The van der Waals surface area contributed by atoms with Crippen molar-refractivity contribution in [1.29, 1.82) is 0 Å². The molecule has 0 aliphatic heterocycles. The molecule has 138 valence electrons. The molecule has 1 aliphatic rings. The molecule has 2 aromatic rings. The average molecular weight is 355 g/mol. The molecule has 1 N–H and O–H groups in total. The maximum Gasteiger partial charge on any atom is 0.230 e. The molecule has 1 aromatic heterocycles. The smallest absolute Gasteiger partial charge is 0.230 e. The Bertz CT molecular complexity index is 740.